The van der Waals surface area contributed by atoms with Gasteiger partial charge in [0.05, 0.1) is 17.9 Å². The standard InChI is InChI=1S/C24H21NO2/c1-16-7-5-6-10-19(16)15-25-22(26)21-20(17-8-3-2-4-9-17)18-11-13-24(21,14-12-18)23(25)27/h2-14,18,20-21H,15H2,1H3/t18?,20-,21-,24?/m1/s1. The van der Waals surface area contributed by atoms with E-state index in [1.54, 1.807) is 0 Å². The maximum absolute atomic E-state index is 13.5. The van der Waals surface area contributed by atoms with Crippen molar-refractivity contribution in [2.75, 3.05) is 0 Å². The average Bonchev–Trinajstić information content (AvgIpc) is 2.92. The predicted molar refractivity (Wildman–Crippen MR) is 104 cm³/mol. The van der Waals surface area contributed by atoms with Gasteiger partial charge >= 0.3 is 0 Å². The van der Waals surface area contributed by atoms with E-state index in [2.05, 4.69) is 24.3 Å². The van der Waals surface area contributed by atoms with Crippen LogP contribution in [-0.2, 0) is 16.1 Å². The van der Waals surface area contributed by atoms with E-state index in [0.29, 0.717) is 6.54 Å². The van der Waals surface area contributed by atoms with E-state index in [1.165, 1.54) is 4.90 Å². The number of benzene rings is 2. The molecule has 0 radical (unpaired) electrons. The summed E-state index contributed by atoms with van der Waals surface area (Å²) >= 11 is 0. The van der Waals surface area contributed by atoms with E-state index >= 15 is 0 Å². The van der Waals surface area contributed by atoms with Crippen molar-refractivity contribution in [2.45, 2.75) is 19.4 Å². The van der Waals surface area contributed by atoms with Crippen molar-refractivity contribution >= 4 is 11.8 Å². The first-order valence-corrected chi connectivity index (χ1v) is 9.46. The first-order valence-electron chi connectivity index (χ1n) is 9.46. The van der Waals surface area contributed by atoms with Crippen LogP contribution in [0.5, 0.6) is 0 Å². The van der Waals surface area contributed by atoms with E-state index in [-0.39, 0.29) is 29.6 Å². The van der Waals surface area contributed by atoms with Crippen molar-refractivity contribution in [3.63, 3.8) is 0 Å². The lowest BCUT2D eigenvalue weighted by molar-refractivity contribution is -0.141. The molecule has 0 unspecified atom stereocenters. The molecule has 2 aromatic carbocycles. The molecule has 2 atom stereocenters. The van der Waals surface area contributed by atoms with Gasteiger partial charge in [-0.2, -0.15) is 0 Å². The second kappa shape index (κ2) is 5.78. The van der Waals surface area contributed by atoms with Crippen LogP contribution in [0.2, 0.25) is 0 Å². The monoisotopic (exact) mass is 355 g/mol. The Morgan fingerprint density at radius 3 is 2.30 bits per heavy atom. The summed E-state index contributed by atoms with van der Waals surface area (Å²) in [5.41, 5.74) is 2.42. The first kappa shape index (κ1) is 16.2. The Hall–Kier alpha value is -2.94. The molecule has 27 heavy (non-hydrogen) atoms. The molecular formula is C24H21NO2. The number of likely N-dealkylation sites (tertiary alicyclic amines) is 1. The fourth-order valence-corrected chi connectivity index (χ4v) is 4.96. The molecule has 3 nitrogen and oxygen atoms in total. The van der Waals surface area contributed by atoms with Gasteiger partial charge in [-0.15, -0.1) is 0 Å². The number of nitrogens with zero attached hydrogens (tertiary/aromatic N) is 1. The Bertz CT molecular complexity index is 974. The molecule has 1 spiro atoms. The molecule has 0 aromatic heterocycles. The van der Waals surface area contributed by atoms with Gasteiger partial charge in [-0.3, -0.25) is 14.5 Å². The fraction of sp³-hybridized carbons (Fsp3) is 0.250. The molecule has 1 aliphatic heterocycles. The molecule has 6 rings (SSSR count). The van der Waals surface area contributed by atoms with E-state index in [9.17, 15) is 9.59 Å². The lowest BCUT2D eigenvalue weighted by atomic mass is 9.57. The minimum absolute atomic E-state index is 0.0134. The van der Waals surface area contributed by atoms with Crippen LogP contribution >= 0.6 is 0 Å². The number of allylic oxidation sites excluding steroid dienone is 2. The highest BCUT2D eigenvalue weighted by Gasteiger charge is 2.63. The normalized spacial score (nSPS) is 30.9. The number of imide groups is 1. The highest BCUT2D eigenvalue weighted by molar-refractivity contribution is 6.10. The van der Waals surface area contributed by atoms with E-state index < -0.39 is 5.41 Å². The van der Waals surface area contributed by atoms with Crippen molar-refractivity contribution < 1.29 is 9.59 Å². The summed E-state index contributed by atoms with van der Waals surface area (Å²) in [6, 6.07) is 18.1. The smallest absolute Gasteiger partial charge is 0.244 e. The number of carbonyl (C=O) groups excluding carboxylic acids is 2. The Balaban J connectivity index is 1.58. The summed E-state index contributed by atoms with van der Waals surface area (Å²) in [6.45, 7) is 2.36. The second-order valence-corrected chi connectivity index (χ2v) is 7.80. The van der Waals surface area contributed by atoms with E-state index in [1.807, 2.05) is 61.5 Å². The van der Waals surface area contributed by atoms with Crippen LogP contribution in [0, 0.1) is 24.2 Å². The van der Waals surface area contributed by atoms with Crippen LogP contribution in [-0.4, -0.2) is 16.7 Å². The summed E-state index contributed by atoms with van der Waals surface area (Å²) in [4.78, 5) is 28.4. The molecule has 1 saturated heterocycles. The molecule has 2 aromatic rings. The topological polar surface area (TPSA) is 37.4 Å². The van der Waals surface area contributed by atoms with E-state index in [0.717, 1.165) is 16.7 Å². The number of amides is 2. The number of hydrogen-bond donors (Lipinski definition) is 0. The van der Waals surface area contributed by atoms with Gasteiger partial charge < -0.3 is 0 Å². The highest BCUT2D eigenvalue weighted by Crippen LogP contribution is 2.57. The number of rotatable bonds is 3. The van der Waals surface area contributed by atoms with Crippen LogP contribution in [0.1, 0.15) is 22.6 Å². The molecule has 2 bridgehead atoms. The van der Waals surface area contributed by atoms with Crippen LogP contribution < -0.4 is 0 Å². The van der Waals surface area contributed by atoms with Gasteiger partial charge in [0, 0.05) is 11.8 Å². The van der Waals surface area contributed by atoms with Crippen molar-refractivity contribution in [1.82, 2.24) is 4.90 Å². The Morgan fingerprint density at radius 1 is 0.926 bits per heavy atom. The van der Waals surface area contributed by atoms with Gasteiger partial charge in [0.25, 0.3) is 0 Å². The molecular weight excluding hydrogens is 334 g/mol. The van der Waals surface area contributed by atoms with Crippen molar-refractivity contribution in [3.05, 3.63) is 95.6 Å². The highest BCUT2D eigenvalue weighted by atomic mass is 16.2. The lowest BCUT2D eigenvalue weighted by Crippen LogP contribution is -2.42. The Morgan fingerprint density at radius 2 is 1.59 bits per heavy atom. The maximum Gasteiger partial charge on any atom is 0.244 e. The van der Waals surface area contributed by atoms with Gasteiger partial charge in [-0.1, -0.05) is 78.9 Å². The second-order valence-electron chi connectivity index (χ2n) is 7.80. The van der Waals surface area contributed by atoms with Gasteiger partial charge in [0.2, 0.25) is 11.8 Å². The first-order chi connectivity index (χ1) is 13.1. The van der Waals surface area contributed by atoms with Gasteiger partial charge in [-0.05, 0) is 23.6 Å². The fourth-order valence-electron chi connectivity index (χ4n) is 4.96. The summed E-state index contributed by atoms with van der Waals surface area (Å²) in [7, 11) is 0. The molecule has 134 valence electrons. The zero-order valence-corrected chi connectivity index (χ0v) is 15.2. The van der Waals surface area contributed by atoms with Crippen LogP contribution in [0.25, 0.3) is 0 Å². The van der Waals surface area contributed by atoms with Gasteiger partial charge in [0.1, 0.15) is 0 Å². The molecule has 0 N–H and O–H groups in total. The minimum atomic E-state index is -0.824. The SMILES string of the molecule is Cc1ccccc1CN1C(=O)[C@H]2[C@H](c3ccccc3)C3C=CC2(C=C3)C1=O. The Kier molecular flexibility index (Phi) is 3.48. The molecule has 4 aliphatic rings. The largest absolute Gasteiger partial charge is 0.277 e. The summed E-state index contributed by atoms with van der Waals surface area (Å²) in [6.07, 6.45) is 8.16. The molecule has 0 saturated carbocycles. The van der Waals surface area contributed by atoms with E-state index in [4.69, 9.17) is 0 Å². The third-order valence-corrected chi connectivity index (χ3v) is 6.40. The molecule has 3 heteroatoms. The average molecular weight is 355 g/mol. The third-order valence-electron chi connectivity index (χ3n) is 6.40. The number of carbonyl (C=O) groups is 2. The zero-order valence-electron chi connectivity index (χ0n) is 15.2. The predicted octanol–water partition coefficient (Wildman–Crippen LogP) is 4.01. The third kappa shape index (κ3) is 2.21. The van der Waals surface area contributed by atoms with Crippen molar-refractivity contribution in [3.8, 4) is 0 Å². The van der Waals surface area contributed by atoms with Crippen molar-refractivity contribution in [1.29, 1.82) is 0 Å². The zero-order chi connectivity index (χ0) is 18.6. The lowest BCUT2D eigenvalue weighted by Gasteiger charge is -2.42. The van der Waals surface area contributed by atoms with Crippen LogP contribution in [0.3, 0.4) is 0 Å². The summed E-state index contributed by atoms with van der Waals surface area (Å²) in [5, 5.41) is 0. The van der Waals surface area contributed by atoms with Crippen molar-refractivity contribution in [2.24, 2.45) is 17.3 Å². The van der Waals surface area contributed by atoms with Gasteiger partial charge in [-0.25, -0.2) is 0 Å². The quantitative estimate of drug-likeness (QED) is 0.616. The molecule has 1 heterocycles. The minimum Gasteiger partial charge on any atom is -0.277 e. The summed E-state index contributed by atoms with van der Waals surface area (Å²) < 4.78 is 0. The maximum atomic E-state index is 13.5. The molecule has 2 amide bonds. The Labute approximate surface area is 159 Å². The number of hydrogen-bond acceptors (Lipinski definition) is 2. The van der Waals surface area contributed by atoms with Gasteiger partial charge in [0.15, 0.2) is 0 Å². The van der Waals surface area contributed by atoms with Crippen LogP contribution in [0.15, 0.2) is 78.9 Å². The summed E-state index contributed by atoms with van der Waals surface area (Å²) in [5.74, 6) is -0.312. The van der Waals surface area contributed by atoms with Crippen LogP contribution in [0.4, 0.5) is 0 Å². The molecule has 1 fully saturated rings. The number of aryl methyl sites for hydroxylation is 1. The molecule has 3 aliphatic carbocycles.